The van der Waals surface area contributed by atoms with Crippen molar-refractivity contribution in [3.05, 3.63) is 35.9 Å². The van der Waals surface area contributed by atoms with Gasteiger partial charge in [0.25, 0.3) is 0 Å². The fraction of sp³-hybridized carbons (Fsp3) is 0.357. The Morgan fingerprint density at radius 2 is 1.91 bits per heavy atom. The van der Waals surface area contributed by atoms with Crippen LogP contribution >= 0.6 is 17.0 Å². The lowest BCUT2D eigenvalue weighted by atomic mass is 10.1. The number of guanidine groups is 1. The zero-order valence-electron chi connectivity index (χ0n) is 12.5. The van der Waals surface area contributed by atoms with Crippen LogP contribution in [-0.2, 0) is 16.1 Å². The zero-order valence-corrected chi connectivity index (χ0v) is 14.2. The van der Waals surface area contributed by atoms with Gasteiger partial charge in [-0.25, -0.2) is 9.59 Å². The van der Waals surface area contributed by atoms with Gasteiger partial charge in [0.1, 0.15) is 12.6 Å². The van der Waals surface area contributed by atoms with Crippen LogP contribution in [0.4, 0.5) is 4.79 Å². The Hall–Kier alpha value is -2.29. The molecule has 9 heteroatoms. The first-order valence-corrected chi connectivity index (χ1v) is 6.74. The first kappa shape index (κ1) is 20.7. The Balaban J connectivity index is 0.00000484. The van der Waals surface area contributed by atoms with Crippen molar-refractivity contribution in [1.82, 2.24) is 5.32 Å². The van der Waals surface area contributed by atoms with E-state index in [-0.39, 0.29) is 36.0 Å². The van der Waals surface area contributed by atoms with Gasteiger partial charge in [-0.05, 0) is 18.4 Å². The van der Waals surface area contributed by atoms with E-state index in [0.717, 1.165) is 5.56 Å². The number of carbonyl (C=O) groups is 2. The fourth-order valence-corrected chi connectivity index (χ4v) is 1.67. The number of carboxylic acid groups (broad SMARTS) is 1. The third kappa shape index (κ3) is 9.35. The van der Waals surface area contributed by atoms with Gasteiger partial charge in [-0.2, -0.15) is 0 Å². The third-order valence-electron chi connectivity index (χ3n) is 2.75. The molecule has 0 spiro atoms. The average molecular weight is 389 g/mol. The van der Waals surface area contributed by atoms with Crippen molar-refractivity contribution < 1.29 is 19.4 Å². The topological polar surface area (TPSA) is 140 Å². The number of carboxylic acids is 1. The number of nitrogens with zero attached hydrogens (tertiary/aromatic N) is 1. The molecule has 0 heterocycles. The molecule has 0 fully saturated rings. The number of amides is 1. The van der Waals surface area contributed by atoms with Crippen LogP contribution in [0.1, 0.15) is 18.4 Å². The third-order valence-corrected chi connectivity index (χ3v) is 2.75. The predicted molar refractivity (Wildman–Crippen MR) is 91.4 cm³/mol. The van der Waals surface area contributed by atoms with Crippen LogP contribution in [0.3, 0.4) is 0 Å². The number of aliphatic carboxylic acids is 1. The molecule has 0 aliphatic heterocycles. The van der Waals surface area contributed by atoms with Gasteiger partial charge in [0, 0.05) is 6.54 Å². The Bertz CT molecular complexity index is 521. The number of carbonyl (C=O) groups excluding carboxylic acids is 1. The summed E-state index contributed by atoms with van der Waals surface area (Å²) >= 11 is 0. The number of hydrogen-bond donors (Lipinski definition) is 4. The van der Waals surface area contributed by atoms with Gasteiger partial charge in [0.2, 0.25) is 0 Å². The van der Waals surface area contributed by atoms with E-state index in [2.05, 4.69) is 10.3 Å². The molecule has 128 valence electrons. The monoisotopic (exact) mass is 388 g/mol. The molecule has 0 saturated carbocycles. The van der Waals surface area contributed by atoms with Crippen LogP contribution in [0.2, 0.25) is 0 Å². The Labute approximate surface area is 144 Å². The molecule has 0 bridgehead atoms. The number of ether oxygens (including phenoxy) is 1. The minimum Gasteiger partial charge on any atom is -0.480 e. The molecule has 0 unspecified atom stereocenters. The molecule has 23 heavy (non-hydrogen) atoms. The van der Waals surface area contributed by atoms with Crippen LogP contribution in [0.15, 0.2) is 35.3 Å². The van der Waals surface area contributed by atoms with E-state index >= 15 is 0 Å². The molecule has 0 saturated heterocycles. The number of hydrogen-bond acceptors (Lipinski definition) is 4. The van der Waals surface area contributed by atoms with Crippen LogP contribution in [0.25, 0.3) is 0 Å². The van der Waals surface area contributed by atoms with Crippen molar-refractivity contribution >= 4 is 35.0 Å². The smallest absolute Gasteiger partial charge is 0.408 e. The number of benzene rings is 1. The molecular weight excluding hydrogens is 368 g/mol. The van der Waals surface area contributed by atoms with Gasteiger partial charge in [-0.15, -0.1) is 17.0 Å². The van der Waals surface area contributed by atoms with Crippen molar-refractivity contribution in [3.63, 3.8) is 0 Å². The molecule has 0 radical (unpaired) electrons. The van der Waals surface area contributed by atoms with Gasteiger partial charge < -0.3 is 26.6 Å². The Morgan fingerprint density at radius 3 is 2.48 bits per heavy atom. The molecule has 6 N–H and O–H groups in total. The summed E-state index contributed by atoms with van der Waals surface area (Å²) in [5, 5.41) is 11.4. The molecule has 1 rings (SSSR count). The molecule has 0 aliphatic rings. The molecule has 1 atom stereocenters. The normalized spacial score (nSPS) is 10.8. The summed E-state index contributed by atoms with van der Waals surface area (Å²) in [6.45, 7) is 0.375. The highest BCUT2D eigenvalue weighted by molar-refractivity contribution is 8.93. The SMILES string of the molecule is Br.NC(N)=NCCC[C@@H](NC(=O)OCc1ccccc1)C(=O)O. The molecule has 1 amide bonds. The standard InChI is InChI=1S/C14H20N4O4.BrH/c15-13(16)17-8-4-7-11(12(19)20)18-14(21)22-9-10-5-2-1-3-6-10;/h1-3,5-6,11H,4,7-9H2,(H,18,21)(H,19,20)(H4,15,16,17);1H/t11-;/m1./s1. The van der Waals surface area contributed by atoms with Crippen LogP contribution in [-0.4, -0.2) is 35.7 Å². The van der Waals surface area contributed by atoms with Gasteiger partial charge >= 0.3 is 12.1 Å². The Morgan fingerprint density at radius 1 is 1.26 bits per heavy atom. The average Bonchev–Trinajstić information content (AvgIpc) is 2.48. The number of nitrogens with two attached hydrogens (primary N) is 2. The first-order valence-electron chi connectivity index (χ1n) is 6.74. The molecule has 8 nitrogen and oxygen atoms in total. The first-order chi connectivity index (χ1) is 10.5. The molecular formula is C14H21BrN4O4. The summed E-state index contributed by atoms with van der Waals surface area (Å²) in [4.78, 5) is 26.4. The van der Waals surface area contributed by atoms with Crippen LogP contribution in [0.5, 0.6) is 0 Å². The summed E-state index contributed by atoms with van der Waals surface area (Å²) in [5.74, 6) is -1.19. The maximum Gasteiger partial charge on any atom is 0.408 e. The fourth-order valence-electron chi connectivity index (χ4n) is 1.67. The van der Waals surface area contributed by atoms with Crippen molar-refractivity contribution in [2.75, 3.05) is 6.54 Å². The van der Waals surface area contributed by atoms with E-state index in [1.165, 1.54) is 0 Å². The van der Waals surface area contributed by atoms with E-state index < -0.39 is 18.1 Å². The number of alkyl carbamates (subject to hydrolysis) is 1. The summed E-state index contributed by atoms with van der Waals surface area (Å²) in [7, 11) is 0. The Kier molecular flexibility index (Phi) is 10.2. The summed E-state index contributed by atoms with van der Waals surface area (Å²) in [6, 6.07) is 8.05. The lowest BCUT2D eigenvalue weighted by Gasteiger charge is -2.14. The molecule has 0 aliphatic carbocycles. The van der Waals surface area contributed by atoms with Gasteiger partial charge in [-0.3, -0.25) is 4.99 Å². The second kappa shape index (κ2) is 11.3. The molecule has 1 aromatic rings. The van der Waals surface area contributed by atoms with Crippen LogP contribution < -0.4 is 16.8 Å². The zero-order chi connectivity index (χ0) is 16.4. The van der Waals surface area contributed by atoms with Crippen molar-refractivity contribution in [1.29, 1.82) is 0 Å². The summed E-state index contributed by atoms with van der Waals surface area (Å²) in [5.41, 5.74) is 11.1. The van der Waals surface area contributed by atoms with Gasteiger partial charge in [0.05, 0.1) is 0 Å². The lowest BCUT2D eigenvalue weighted by molar-refractivity contribution is -0.139. The predicted octanol–water partition coefficient (Wildman–Crippen LogP) is 0.998. The minimum absolute atomic E-state index is 0. The second-order valence-electron chi connectivity index (χ2n) is 4.55. The van der Waals surface area contributed by atoms with Crippen molar-refractivity contribution in [2.45, 2.75) is 25.5 Å². The summed E-state index contributed by atoms with van der Waals surface area (Å²) < 4.78 is 4.97. The lowest BCUT2D eigenvalue weighted by Crippen LogP contribution is -2.41. The number of halogens is 1. The highest BCUT2D eigenvalue weighted by Crippen LogP contribution is 2.03. The van der Waals surface area contributed by atoms with E-state index in [4.69, 9.17) is 21.3 Å². The van der Waals surface area contributed by atoms with E-state index in [1.54, 1.807) is 12.1 Å². The molecule has 1 aromatic carbocycles. The highest BCUT2D eigenvalue weighted by Gasteiger charge is 2.20. The quantitative estimate of drug-likeness (QED) is 0.297. The maximum absolute atomic E-state index is 11.6. The van der Waals surface area contributed by atoms with E-state index in [1.807, 2.05) is 18.2 Å². The number of aliphatic imine (C=N–C) groups is 1. The van der Waals surface area contributed by atoms with E-state index in [0.29, 0.717) is 13.0 Å². The largest absolute Gasteiger partial charge is 0.480 e. The maximum atomic E-state index is 11.6. The van der Waals surface area contributed by atoms with Crippen LogP contribution in [0, 0.1) is 0 Å². The van der Waals surface area contributed by atoms with Gasteiger partial charge in [-0.1, -0.05) is 30.3 Å². The number of nitrogens with one attached hydrogen (secondary N) is 1. The van der Waals surface area contributed by atoms with Crippen molar-refractivity contribution in [3.8, 4) is 0 Å². The van der Waals surface area contributed by atoms with E-state index in [9.17, 15) is 9.59 Å². The highest BCUT2D eigenvalue weighted by atomic mass is 79.9. The molecule has 0 aromatic heterocycles. The minimum atomic E-state index is -1.14. The number of rotatable bonds is 8. The van der Waals surface area contributed by atoms with Gasteiger partial charge in [0.15, 0.2) is 5.96 Å². The summed E-state index contributed by atoms with van der Waals surface area (Å²) in [6.07, 6.45) is -0.154. The second-order valence-corrected chi connectivity index (χ2v) is 4.55. The van der Waals surface area contributed by atoms with Crippen molar-refractivity contribution in [2.24, 2.45) is 16.5 Å².